The summed E-state index contributed by atoms with van der Waals surface area (Å²) in [6.45, 7) is 0. The van der Waals surface area contributed by atoms with E-state index in [4.69, 9.17) is 4.74 Å². The number of anilines is 1. The number of benzene rings is 3. The minimum atomic E-state index is -0.337. The van der Waals surface area contributed by atoms with Crippen LogP contribution in [-0.2, 0) is 0 Å². The first-order chi connectivity index (χ1) is 15.1. The van der Waals surface area contributed by atoms with E-state index >= 15 is 0 Å². The van der Waals surface area contributed by atoms with Gasteiger partial charge in [0.1, 0.15) is 17.3 Å². The van der Waals surface area contributed by atoms with Crippen molar-refractivity contribution in [3.63, 3.8) is 0 Å². The summed E-state index contributed by atoms with van der Waals surface area (Å²) in [7, 11) is 0. The zero-order chi connectivity index (χ0) is 21.6. The van der Waals surface area contributed by atoms with Crippen molar-refractivity contribution in [1.29, 1.82) is 0 Å². The first-order valence-electron chi connectivity index (χ1n) is 10.3. The second-order valence-corrected chi connectivity index (χ2v) is 7.53. The molecular weight excluding hydrogens is 395 g/mol. The molecule has 0 unspecified atom stereocenters. The Bertz CT molecular complexity index is 1060. The fraction of sp³-hybridized carbons (Fsp3) is 0.200. The summed E-state index contributed by atoms with van der Waals surface area (Å²) in [5, 5.41) is 5.88. The van der Waals surface area contributed by atoms with Crippen molar-refractivity contribution in [2.45, 2.75) is 31.7 Å². The van der Waals surface area contributed by atoms with Gasteiger partial charge in [-0.2, -0.15) is 0 Å². The summed E-state index contributed by atoms with van der Waals surface area (Å²) in [6, 6.07) is 19.5. The molecule has 0 aromatic heterocycles. The first-order valence-corrected chi connectivity index (χ1v) is 10.3. The van der Waals surface area contributed by atoms with E-state index in [2.05, 4.69) is 10.6 Å². The van der Waals surface area contributed by atoms with Gasteiger partial charge in [-0.3, -0.25) is 9.59 Å². The third kappa shape index (κ3) is 5.28. The smallest absolute Gasteiger partial charge is 0.255 e. The molecule has 0 bridgehead atoms. The second kappa shape index (κ2) is 9.43. The minimum Gasteiger partial charge on any atom is -0.457 e. The van der Waals surface area contributed by atoms with Gasteiger partial charge in [0.2, 0.25) is 0 Å². The number of carbonyl (C=O) groups excluding carboxylic acids is 2. The molecule has 1 fully saturated rings. The second-order valence-electron chi connectivity index (χ2n) is 7.53. The zero-order valence-corrected chi connectivity index (χ0v) is 16.9. The van der Waals surface area contributed by atoms with E-state index in [1.807, 2.05) is 0 Å². The highest BCUT2D eigenvalue weighted by Gasteiger charge is 2.20. The maximum absolute atomic E-state index is 13.0. The lowest BCUT2D eigenvalue weighted by molar-refractivity contribution is 0.0938. The van der Waals surface area contributed by atoms with Crippen molar-refractivity contribution < 1.29 is 18.7 Å². The van der Waals surface area contributed by atoms with Gasteiger partial charge < -0.3 is 15.4 Å². The average molecular weight is 418 g/mol. The summed E-state index contributed by atoms with van der Waals surface area (Å²) in [5.41, 5.74) is 1.34. The van der Waals surface area contributed by atoms with Crippen molar-refractivity contribution in [2.75, 3.05) is 5.32 Å². The Morgan fingerprint density at radius 2 is 1.42 bits per heavy atom. The molecule has 0 radical (unpaired) electrons. The predicted molar refractivity (Wildman–Crippen MR) is 117 cm³/mol. The van der Waals surface area contributed by atoms with Crippen molar-refractivity contribution in [3.8, 4) is 11.5 Å². The highest BCUT2D eigenvalue weighted by molar-refractivity contribution is 6.09. The van der Waals surface area contributed by atoms with Gasteiger partial charge in [-0.15, -0.1) is 0 Å². The molecule has 2 amide bonds. The van der Waals surface area contributed by atoms with Crippen molar-refractivity contribution in [2.24, 2.45) is 0 Å². The van der Waals surface area contributed by atoms with Crippen LogP contribution in [0.25, 0.3) is 0 Å². The van der Waals surface area contributed by atoms with Crippen LogP contribution >= 0.6 is 0 Å². The summed E-state index contributed by atoms with van der Waals surface area (Å²) < 4.78 is 18.6. The Kier molecular flexibility index (Phi) is 6.26. The molecule has 1 aliphatic rings. The Labute approximate surface area is 180 Å². The monoisotopic (exact) mass is 418 g/mol. The van der Waals surface area contributed by atoms with Gasteiger partial charge >= 0.3 is 0 Å². The largest absolute Gasteiger partial charge is 0.457 e. The molecule has 3 aromatic carbocycles. The van der Waals surface area contributed by atoms with Gasteiger partial charge in [0, 0.05) is 11.6 Å². The van der Waals surface area contributed by atoms with E-state index in [-0.39, 0.29) is 23.7 Å². The molecule has 3 aromatic rings. The van der Waals surface area contributed by atoms with Crippen LogP contribution < -0.4 is 15.4 Å². The molecule has 0 aliphatic heterocycles. The fourth-order valence-electron chi connectivity index (χ4n) is 3.63. The maximum atomic E-state index is 13.0. The summed E-state index contributed by atoms with van der Waals surface area (Å²) in [6.07, 6.45) is 4.24. The molecule has 6 heteroatoms. The van der Waals surface area contributed by atoms with Gasteiger partial charge in [-0.1, -0.05) is 25.0 Å². The Hall–Kier alpha value is -3.67. The third-order valence-corrected chi connectivity index (χ3v) is 5.28. The lowest BCUT2D eigenvalue weighted by atomic mass is 10.1. The number of para-hydroxylation sites is 1. The van der Waals surface area contributed by atoms with Gasteiger partial charge in [0.25, 0.3) is 11.8 Å². The topological polar surface area (TPSA) is 67.4 Å². The molecular formula is C25H23FN2O3. The molecule has 4 rings (SSSR count). The number of carbonyl (C=O) groups is 2. The molecule has 1 saturated carbocycles. The molecule has 0 heterocycles. The molecule has 5 nitrogen and oxygen atoms in total. The molecule has 2 N–H and O–H groups in total. The van der Waals surface area contributed by atoms with E-state index in [0.29, 0.717) is 28.3 Å². The molecule has 0 saturated heterocycles. The van der Waals surface area contributed by atoms with Crippen LogP contribution in [-0.4, -0.2) is 17.9 Å². The van der Waals surface area contributed by atoms with Gasteiger partial charge in [0.15, 0.2) is 0 Å². The van der Waals surface area contributed by atoms with E-state index in [1.165, 1.54) is 24.3 Å². The van der Waals surface area contributed by atoms with Crippen LogP contribution in [0.3, 0.4) is 0 Å². The molecule has 0 spiro atoms. The first kappa shape index (κ1) is 20.6. The summed E-state index contributed by atoms with van der Waals surface area (Å²) >= 11 is 0. The standard InChI is InChI=1S/C25H23FN2O3/c26-18-11-15-21(16-12-18)31-20-13-9-17(10-14-20)24(29)28-23-8-4-3-7-22(23)25(30)27-19-5-1-2-6-19/h3-4,7-16,19H,1-2,5-6H2,(H,27,30)(H,28,29). The quantitative estimate of drug-likeness (QED) is 0.552. The summed E-state index contributed by atoms with van der Waals surface area (Å²) in [5.74, 6) is 0.192. The maximum Gasteiger partial charge on any atom is 0.255 e. The Morgan fingerprint density at radius 3 is 2.10 bits per heavy atom. The van der Waals surface area contributed by atoms with Crippen LogP contribution in [0.4, 0.5) is 10.1 Å². The highest BCUT2D eigenvalue weighted by Crippen LogP contribution is 2.23. The minimum absolute atomic E-state index is 0.175. The lowest BCUT2D eigenvalue weighted by Crippen LogP contribution is -2.33. The number of rotatable bonds is 6. The van der Waals surface area contributed by atoms with Crippen LogP contribution in [0.2, 0.25) is 0 Å². The van der Waals surface area contributed by atoms with Crippen molar-refractivity contribution in [1.82, 2.24) is 5.32 Å². The molecule has 158 valence electrons. The molecule has 31 heavy (non-hydrogen) atoms. The third-order valence-electron chi connectivity index (χ3n) is 5.28. The van der Waals surface area contributed by atoms with Crippen molar-refractivity contribution >= 4 is 17.5 Å². The van der Waals surface area contributed by atoms with Crippen LogP contribution in [0, 0.1) is 5.82 Å². The highest BCUT2D eigenvalue weighted by atomic mass is 19.1. The normalized spacial score (nSPS) is 13.6. The van der Waals surface area contributed by atoms with Crippen LogP contribution in [0.1, 0.15) is 46.4 Å². The molecule has 1 aliphatic carbocycles. The van der Waals surface area contributed by atoms with Gasteiger partial charge in [-0.25, -0.2) is 4.39 Å². The SMILES string of the molecule is O=C(Nc1ccccc1C(=O)NC1CCCC1)c1ccc(Oc2ccc(F)cc2)cc1. The number of hydrogen-bond acceptors (Lipinski definition) is 3. The van der Waals surface area contributed by atoms with Gasteiger partial charge in [-0.05, 0) is 73.5 Å². The van der Waals surface area contributed by atoms with Crippen molar-refractivity contribution in [3.05, 3.63) is 89.7 Å². The average Bonchev–Trinajstić information content (AvgIpc) is 3.29. The van der Waals surface area contributed by atoms with E-state index in [9.17, 15) is 14.0 Å². The number of nitrogens with one attached hydrogen (secondary N) is 2. The predicted octanol–water partition coefficient (Wildman–Crippen LogP) is 5.54. The fourth-order valence-corrected chi connectivity index (χ4v) is 3.63. The zero-order valence-electron chi connectivity index (χ0n) is 16.9. The van der Waals surface area contributed by atoms with Crippen LogP contribution in [0.15, 0.2) is 72.8 Å². The Morgan fingerprint density at radius 1 is 0.806 bits per heavy atom. The van der Waals surface area contributed by atoms with Crippen LogP contribution in [0.5, 0.6) is 11.5 Å². The number of halogens is 1. The van der Waals surface area contributed by atoms with E-state index < -0.39 is 0 Å². The van der Waals surface area contributed by atoms with E-state index in [0.717, 1.165) is 25.7 Å². The Balaban J connectivity index is 1.42. The van der Waals surface area contributed by atoms with Gasteiger partial charge in [0.05, 0.1) is 11.3 Å². The summed E-state index contributed by atoms with van der Waals surface area (Å²) in [4.78, 5) is 25.4. The lowest BCUT2D eigenvalue weighted by Gasteiger charge is -2.15. The molecule has 0 atom stereocenters. The van der Waals surface area contributed by atoms with E-state index in [1.54, 1.807) is 48.5 Å². The number of hydrogen-bond donors (Lipinski definition) is 2. The number of amides is 2. The number of ether oxygens (including phenoxy) is 1.